The molecule has 2 heterocycles. The van der Waals surface area contributed by atoms with E-state index in [0.717, 1.165) is 17.8 Å². The summed E-state index contributed by atoms with van der Waals surface area (Å²) in [6, 6.07) is 6.75. The number of nitrogens with zero attached hydrogens (tertiary/aromatic N) is 3. The molecule has 1 saturated heterocycles. The van der Waals surface area contributed by atoms with Crippen LogP contribution >= 0.6 is 0 Å². The molecule has 1 atom stereocenters. The van der Waals surface area contributed by atoms with Crippen LogP contribution in [0.4, 0.5) is 10.2 Å². The smallest absolute Gasteiger partial charge is 0.168 e. The molecule has 0 amide bonds. The van der Waals surface area contributed by atoms with E-state index in [9.17, 15) is 4.39 Å². The van der Waals surface area contributed by atoms with Crippen molar-refractivity contribution in [3.05, 3.63) is 41.8 Å². The number of ether oxygens (including phenoxy) is 1. The predicted octanol–water partition coefficient (Wildman–Crippen LogP) is 1.72. The van der Waals surface area contributed by atoms with Crippen molar-refractivity contribution in [1.29, 1.82) is 0 Å². The van der Waals surface area contributed by atoms with E-state index in [1.807, 2.05) is 6.07 Å². The number of hydrogen-bond donors (Lipinski definition) is 1. The van der Waals surface area contributed by atoms with Crippen molar-refractivity contribution in [3.63, 3.8) is 0 Å². The highest BCUT2D eigenvalue weighted by molar-refractivity contribution is 5.35. The maximum atomic E-state index is 13.5. The molecule has 2 aromatic rings. The van der Waals surface area contributed by atoms with Crippen LogP contribution in [0.5, 0.6) is 0 Å². The zero-order chi connectivity index (χ0) is 14.0. The van der Waals surface area contributed by atoms with Gasteiger partial charge in [-0.25, -0.2) is 4.39 Å². The minimum Gasteiger partial charge on any atom is -0.380 e. The van der Waals surface area contributed by atoms with Crippen LogP contribution in [-0.4, -0.2) is 34.8 Å². The molecule has 106 valence electrons. The van der Waals surface area contributed by atoms with Crippen LogP contribution in [0.2, 0.25) is 0 Å². The van der Waals surface area contributed by atoms with E-state index in [1.165, 1.54) is 10.9 Å². The first-order valence-corrected chi connectivity index (χ1v) is 6.62. The van der Waals surface area contributed by atoms with Gasteiger partial charge >= 0.3 is 0 Å². The molecule has 0 saturated carbocycles. The Labute approximate surface area is 116 Å². The van der Waals surface area contributed by atoms with E-state index in [2.05, 4.69) is 15.5 Å². The maximum Gasteiger partial charge on any atom is 0.168 e. The summed E-state index contributed by atoms with van der Waals surface area (Å²) >= 11 is 0. The fourth-order valence-corrected chi connectivity index (χ4v) is 2.58. The SMILES string of the molecule is Cn1ncc(NCC2(c3cccc(F)c3)CCOC2)n1. The Morgan fingerprint density at radius 2 is 2.40 bits per heavy atom. The highest BCUT2D eigenvalue weighted by atomic mass is 19.1. The van der Waals surface area contributed by atoms with Crippen molar-refractivity contribution in [2.75, 3.05) is 25.1 Å². The van der Waals surface area contributed by atoms with Crippen LogP contribution in [0.1, 0.15) is 12.0 Å². The van der Waals surface area contributed by atoms with Gasteiger partial charge in [-0.15, -0.1) is 5.10 Å². The highest BCUT2D eigenvalue weighted by Crippen LogP contribution is 2.33. The van der Waals surface area contributed by atoms with Gasteiger partial charge in [0.15, 0.2) is 5.82 Å². The molecule has 0 bridgehead atoms. The summed E-state index contributed by atoms with van der Waals surface area (Å²) < 4.78 is 19.0. The van der Waals surface area contributed by atoms with Gasteiger partial charge in [-0.1, -0.05) is 12.1 Å². The third kappa shape index (κ3) is 2.51. The minimum atomic E-state index is -0.215. The summed E-state index contributed by atoms with van der Waals surface area (Å²) in [7, 11) is 1.77. The fourth-order valence-electron chi connectivity index (χ4n) is 2.58. The first kappa shape index (κ1) is 13.1. The van der Waals surface area contributed by atoms with Crippen LogP contribution in [0.15, 0.2) is 30.5 Å². The van der Waals surface area contributed by atoms with E-state index in [4.69, 9.17) is 4.74 Å². The second kappa shape index (κ2) is 5.20. The number of benzene rings is 1. The average molecular weight is 276 g/mol. The number of hydrogen-bond acceptors (Lipinski definition) is 4. The average Bonchev–Trinajstić information content (AvgIpc) is 3.06. The van der Waals surface area contributed by atoms with Gasteiger partial charge in [0.05, 0.1) is 12.8 Å². The van der Waals surface area contributed by atoms with E-state index in [1.54, 1.807) is 25.4 Å². The lowest BCUT2D eigenvalue weighted by molar-refractivity contribution is 0.179. The summed E-state index contributed by atoms with van der Waals surface area (Å²) in [6.07, 6.45) is 2.54. The zero-order valence-corrected chi connectivity index (χ0v) is 11.3. The van der Waals surface area contributed by atoms with Gasteiger partial charge < -0.3 is 10.1 Å². The molecule has 6 heteroatoms. The minimum absolute atomic E-state index is 0.209. The number of aryl methyl sites for hydroxylation is 1. The van der Waals surface area contributed by atoms with E-state index in [0.29, 0.717) is 19.8 Å². The molecule has 1 aliphatic heterocycles. The molecule has 3 rings (SSSR count). The Hall–Kier alpha value is -1.95. The lowest BCUT2D eigenvalue weighted by Gasteiger charge is -2.28. The van der Waals surface area contributed by atoms with Gasteiger partial charge in [0.2, 0.25) is 0 Å². The molecule has 1 unspecified atom stereocenters. The molecule has 1 N–H and O–H groups in total. The topological polar surface area (TPSA) is 52.0 Å². The third-order valence-electron chi connectivity index (χ3n) is 3.75. The van der Waals surface area contributed by atoms with Crippen molar-refractivity contribution in [2.24, 2.45) is 7.05 Å². The molecular weight excluding hydrogens is 259 g/mol. The van der Waals surface area contributed by atoms with Gasteiger partial charge in [0, 0.05) is 25.6 Å². The Bertz CT molecular complexity index is 592. The highest BCUT2D eigenvalue weighted by Gasteiger charge is 2.37. The lowest BCUT2D eigenvalue weighted by atomic mass is 9.79. The van der Waals surface area contributed by atoms with Crippen LogP contribution in [0.3, 0.4) is 0 Å². The molecule has 0 radical (unpaired) electrons. The predicted molar refractivity (Wildman–Crippen MR) is 73.0 cm³/mol. The Balaban J connectivity index is 1.81. The molecule has 0 spiro atoms. The van der Waals surface area contributed by atoms with E-state index < -0.39 is 0 Å². The van der Waals surface area contributed by atoms with Crippen molar-refractivity contribution in [1.82, 2.24) is 15.0 Å². The van der Waals surface area contributed by atoms with Gasteiger partial charge in [-0.3, -0.25) is 0 Å². The molecule has 1 fully saturated rings. The van der Waals surface area contributed by atoms with E-state index in [-0.39, 0.29) is 11.2 Å². The van der Waals surface area contributed by atoms with Gasteiger partial charge in [0.25, 0.3) is 0 Å². The number of nitrogens with one attached hydrogen (secondary N) is 1. The van der Waals surface area contributed by atoms with Crippen molar-refractivity contribution >= 4 is 5.82 Å². The molecule has 0 aliphatic carbocycles. The molecule has 1 aromatic carbocycles. The Morgan fingerprint density at radius 3 is 3.05 bits per heavy atom. The van der Waals surface area contributed by atoms with Crippen LogP contribution in [-0.2, 0) is 17.2 Å². The third-order valence-corrected chi connectivity index (χ3v) is 3.75. The number of rotatable bonds is 4. The van der Waals surface area contributed by atoms with Crippen LogP contribution < -0.4 is 5.32 Å². The largest absolute Gasteiger partial charge is 0.380 e. The number of aromatic nitrogens is 3. The lowest BCUT2D eigenvalue weighted by Crippen LogP contribution is -2.35. The molecular formula is C14H17FN4O. The maximum absolute atomic E-state index is 13.5. The van der Waals surface area contributed by atoms with Crippen molar-refractivity contribution in [3.8, 4) is 0 Å². The van der Waals surface area contributed by atoms with Crippen molar-refractivity contribution in [2.45, 2.75) is 11.8 Å². The zero-order valence-electron chi connectivity index (χ0n) is 11.3. The molecule has 1 aromatic heterocycles. The summed E-state index contributed by atoms with van der Waals surface area (Å²) in [5, 5.41) is 11.5. The van der Waals surface area contributed by atoms with Gasteiger partial charge in [0.1, 0.15) is 5.82 Å². The Kier molecular flexibility index (Phi) is 3.40. The second-order valence-corrected chi connectivity index (χ2v) is 5.17. The summed E-state index contributed by atoms with van der Waals surface area (Å²) in [5.74, 6) is 0.503. The standard InChI is InChI=1S/C14H17FN4O/c1-19-17-8-13(18-19)16-9-14(5-6-20-10-14)11-3-2-4-12(15)7-11/h2-4,7-8H,5-6,9-10H2,1H3,(H,16,18). The summed E-state index contributed by atoms with van der Waals surface area (Å²) in [6.45, 7) is 1.93. The second-order valence-electron chi connectivity index (χ2n) is 5.17. The molecule has 1 aliphatic rings. The Morgan fingerprint density at radius 1 is 1.50 bits per heavy atom. The normalized spacial score (nSPS) is 22.1. The number of anilines is 1. The monoisotopic (exact) mass is 276 g/mol. The first-order valence-electron chi connectivity index (χ1n) is 6.62. The first-order chi connectivity index (χ1) is 9.68. The van der Waals surface area contributed by atoms with Gasteiger partial charge in [-0.2, -0.15) is 9.90 Å². The van der Waals surface area contributed by atoms with E-state index >= 15 is 0 Å². The fraction of sp³-hybridized carbons (Fsp3) is 0.429. The number of halogens is 1. The summed E-state index contributed by atoms with van der Waals surface area (Å²) in [4.78, 5) is 1.50. The van der Waals surface area contributed by atoms with Crippen molar-refractivity contribution < 1.29 is 9.13 Å². The molecule has 20 heavy (non-hydrogen) atoms. The van der Waals surface area contributed by atoms with Crippen LogP contribution in [0.25, 0.3) is 0 Å². The quantitative estimate of drug-likeness (QED) is 0.924. The molecule has 5 nitrogen and oxygen atoms in total. The summed E-state index contributed by atoms with van der Waals surface area (Å²) in [5.41, 5.74) is 0.756. The van der Waals surface area contributed by atoms with Gasteiger partial charge in [-0.05, 0) is 24.1 Å². The van der Waals surface area contributed by atoms with Crippen LogP contribution in [0, 0.1) is 5.82 Å².